The van der Waals surface area contributed by atoms with Gasteiger partial charge in [-0.2, -0.15) is 0 Å². The average Bonchev–Trinajstić information content (AvgIpc) is 3.14. The van der Waals surface area contributed by atoms with Crippen molar-refractivity contribution < 1.29 is 9.59 Å². The minimum Gasteiger partial charge on any atom is -0.357 e. The highest BCUT2D eigenvalue weighted by Gasteiger charge is 2.32. The lowest BCUT2D eigenvalue weighted by Crippen LogP contribution is -2.45. The molecule has 1 aromatic carbocycles. The Morgan fingerprint density at radius 3 is 3.00 bits per heavy atom. The summed E-state index contributed by atoms with van der Waals surface area (Å²) in [7, 11) is 1.59. The van der Waals surface area contributed by atoms with E-state index in [2.05, 4.69) is 15.3 Å². The van der Waals surface area contributed by atoms with Crippen LogP contribution in [0.2, 0.25) is 0 Å². The number of likely N-dealkylation sites (N-methyl/N-ethyl adjacent to an activating group) is 1. The van der Waals surface area contributed by atoms with Crippen LogP contribution in [0.1, 0.15) is 22.1 Å². The van der Waals surface area contributed by atoms with Crippen molar-refractivity contribution in [2.45, 2.75) is 12.6 Å². The van der Waals surface area contributed by atoms with Crippen LogP contribution in [-0.4, -0.2) is 44.8 Å². The summed E-state index contributed by atoms with van der Waals surface area (Å²) >= 11 is 0. The summed E-state index contributed by atoms with van der Waals surface area (Å²) in [5, 5.41) is 3.57. The van der Waals surface area contributed by atoms with E-state index in [1.807, 2.05) is 28.8 Å². The number of imidazole rings is 1. The number of aromatic nitrogens is 3. The molecule has 0 spiro atoms. The number of benzene rings is 1. The molecule has 126 valence electrons. The Kier molecular flexibility index (Phi) is 3.68. The molecule has 0 radical (unpaired) electrons. The van der Waals surface area contributed by atoms with Crippen molar-refractivity contribution >= 4 is 22.7 Å². The molecule has 0 aliphatic carbocycles. The van der Waals surface area contributed by atoms with E-state index in [1.54, 1.807) is 36.7 Å². The van der Waals surface area contributed by atoms with E-state index >= 15 is 0 Å². The molecule has 0 unspecified atom stereocenters. The summed E-state index contributed by atoms with van der Waals surface area (Å²) in [5.74, 6) is -0.244. The number of nitrogens with zero attached hydrogens (tertiary/aromatic N) is 4. The molecule has 2 amide bonds. The van der Waals surface area contributed by atoms with E-state index < -0.39 is 6.04 Å². The van der Waals surface area contributed by atoms with Crippen molar-refractivity contribution in [2.75, 3.05) is 13.6 Å². The van der Waals surface area contributed by atoms with Crippen LogP contribution in [0, 0.1) is 0 Å². The number of hydrogen-bond donors (Lipinski definition) is 1. The first-order chi connectivity index (χ1) is 12.2. The molecule has 0 bridgehead atoms. The van der Waals surface area contributed by atoms with Gasteiger partial charge in [0.2, 0.25) is 5.91 Å². The smallest absolute Gasteiger partial charge is 0.254 e. The van der Waals surface area contributed by atoms with E-state index in [0.29, 0.717) is 18.7 Å². The zero-order chi connectivity index (χ0) is 17.4. The van der Waals surface area contributed by atoms with E-state index in [4.69, 9.17) is 0 Å². The molecular formula is C18H17N5O2. The van der Waals surface area contributed by atoms with Gasteiger partial charge in [-0.25, -0.2) is 4.98 Å². The fraction of sp³-hybridized carbons (Fsp3) is 0.222. The fourth-order valence-corrected chi connectivity index (χ4v) is 3.21. The molecule has 1 atom stereocenters. The highest BCUT2D eigenvalue weighted by atomic mass is 16.2. The summed E-state index contributed by atoms with van der Waals surface area (Å²) in [5.41, 5.74) is 2.28. The number of nitrogens with one attached hydrogen (secondary N) is 1. The lowest BCUT2D eigenvalue weighted by Gasteiger charge is -2.33. The first kappa shape index (κ1) is 15.3. The number of pyridine rings is 1. The molecule has 1 aliphatic rings. The molecule has 0 fully saturated rings. The summed E-state index contributed by atoms with van der Waals surface area (Å²) in [6.07, 6.45) is 5.06. The molecule has 25 heavy (non-hydrogen) atoms. The van der Waals surface area contributed by atoms with Gasteiger partial charge in [-0.05, 0) is 24.3 Å². The van der Waals surface area contributed by atoms with Crippen molar-refractivity contribution in [3.05, 3.63) is 60.3 Å². The molecule has 0 saturated carbocycles. The van der Waals surface area contributed by atoms with E-state index in [-0.39, 0.29) is 11.8 Å². The largest absolute Gasteiger partial charge is 0.357 e. The van der Waals surface area contributed by atoms with Crippen molar-refractivity contribution in [1.82, 2.24) is 24.8 Å². The second-order valence-electron chi connectivity index (χ2n) is 6.02. The molecule has 4 rings (SSSR count). The maximum Gasteiger partial charge on any atom is 0.254 e. The second kappa shape index (κ2) is 6.01. The third-order valence-corrected chi connectivity index (χ3v) is 4.51. The monoisotopic (exact) mass is 335 g/mol. The predicted octanol–water partition coefficient (Wildman–Crippen LogP) is 1.37. The van der Waals surface area contributed by atoms with Crippen LogP contribution in [0.25, 0.3) is 10.9 Å². The lowest BCUT2D eigenvalue weighted by atomic mass is 10.1. The highest BCUT2D eigenvalue weighted by Crippen LogP contribution is 2.23. The van der Waals surface area contributed by atoms with Gasteiger partial charge in [-0.15, -0.1) is 0 Å². The van der Waals surface area contributed by atoms with Crippen molar-refractivity contribution in [3.63, 3.8) is 0 Å². The molecule has 3 aromatic rings. The Morgan fingerprint density at radius 1 is 1.28 bits per heavy atom. The van der Waals surface area contributed by atoms with Gasteiger partial charge in [0.25, 0.3) is 5.91 Å². The molecule has 7 nitrogen and oxygen atoms in total. The number of fused-ring (bicyclic) bond motifs is 2. The third-order valence-electron chi connectivity index (χ3n) is 4.51. The van der Waals surface area contributed by atoms with E-state index in [0.717, 1.165) is 16.6 Å². The topological polar surface area (TPSA) is 80.1 Å². The molecule has 7 heteroatoms. The van der Waals surface area contributed by atoms with Crippen molar-refractivity contribution in [1.29, 1.82) is 0 Å². The molecule has 1 N–H and O–H groups in total. The van der Waals surface area contributed by atoms with Crippen molar-refractivity contribution in [3.8, 4) is 0 Å². The molecular weight excluding hydrogens is 318 g/mol. The zero-order valence-electron chi connectivity index (χ0n) is 13.7. The van der Waals surface area contributed by atoms with Crippen LogP contribution in [0.5, 0.6) is 0 Å². The molecule has 2 aromatic heterocycles. The second-order valence-corrected chi connectivity index (χ2v) is 6.02. The Bertz CT molecular complexity index is 965. The highest BCUT2D eigenvalue weighted by molar-refractivity contribution is 5.98. The summed E-state index contributed by atoms with van der Waals surface area (Å²) in [6.45, 7) is 0.740. The number of carbonyl (C=O) groups excluding carboxylic acids is 2. The van der Waals surface area contributed by atoms with Crippen LogP contribution in [0.3, 0.4) is 0 Å². The Balaban J connectivity index is 1.66. The van der Waals surface area contributed by atoms with Gasteiger partial charge >= 0.3 is 0 Å². The number of carbonyl (C=O) groups is 2. The quantitative estimate of drug-likeness (QED) is 0.767. The summed E-state index contributed by atoms with van der Waals surface area (Å²) < 4.78 is 1.83. The third kappa shape index (κ3) is 2.63. The van der Waals surface area contributed by atoms with Gasteiger partial charge in [0.05, 0.1) is 30.6 Å². The SMILES string of the molecule is CNC(=O)[C@H]1CN(C(=O)c2ccc3ncccc3c2)Cc2cncn21. The average molecular weight is 335 g/mol. The fourth-order valence-electron chi connectivity index (χ4n) is 3.21. The molecule has 1 aliphatic heterocycles. The summed E-state index contributed by atoms with van der Waals surface area (Å²) in [6, 6.07) is 8.76. The Morgan fingerprint density at radius 2 is 2.16 bits per heavy atom. The van der Waals surface area contributed by atoms with Gasteiger partial charge in [0.1, 0.15) is 6.04 Å². The number of rotatable bonds is 2. The molecule has 0 saturated heterocycles. The van der Waals surface area contributed by atoms with Crippen LogP contribution in [0.4, 0.5) is 0 Å². The van der Waals surface area contributed by atoms with Gasteiger partial charge < -0.3 is 14.8 Å². The number of hydrogen-bond acceptors (Lipinski definition) is 4. The van der Waals surface area contributed by atoms with Gasteiger partial charge in [0.15, 0.2) is 0 Å². The lowest BCUT2D eigenvalue weighted by molar-refractivity contribution is -0.124. The first-order valence-corrected chi connectivity index (χ1v) is 8.04. The van der Waals surface area contributed by atoms with Crippen LogP contribution >= 0.6 is 0 Å². The standard InChI is InChI=1S/C18H17N5O2/c1-19-17(24)16-10-22(9-14-8-20-11-23(14)16)18(25)13-4-5-15-12(7-13)3-2-6-21-15/h2-8,11,16H,9-10H2,1H3,(H,19,24)/t16-/m1/s1. The predicted molar refractivity (Wildman–Crippen MR) is 91.8 cm³/mol. The maximum absolute atomic E-state index is 13.0. The van der Waals surface area contributed by atoms with Crippen LogP contribution < -0.4 is 5.32 Å². The minimum atomic E-state index is -0.470. The Hall–Kier alpha value is -3.22. The zero-order valence-corrected chi connectivity index (χ0v) is 13.7. The molecule has 3 heterocycles. The maximum atomic E-state index is 13.0. The van der Waals surface area contributed by atoms with Crippen LogP contribution in [0.15, 0.2) is 49.1 Å². The first-order valence-electron chi connectivity index (χ1n) is 8.04. The normalized spacial score (nSPS) is 16.5. The summed E-state index contributed by atoms with van der Waals surface area (Å²) in [4.78, 5) is 35.3. The number of amides is 2. The van der Waals surface area contributed by atoms with Crippen LogP contribution in [-0.2, 0) is 11.3 Å². The van der Waals surface area contributed by atoms with Gasteiger partial charge in [-0.3, -0.25) is 14.6 Å². The van der Waals surface area contributed by atoms with E-state index in [1.165, 1.54) is 0 Å². The Labute approximate surface area is 144 Å². The van der Waals surface area contributed by atoms with Crippen molar-refractivity contribution in [2.24, 2.45) is 0 Å². The minimum absolute atomic E-state index is 0.105. The van der Waals surface area contributed by atoms with Gasteiger partial charge in [0, 0.05) is 30.4 Å². The van der Waals surface area contributed by atoms with E-state index in [9.17, 15) is 9.59 Å². The van der Waals surface area contributed by atoms with Gasteiger partial charge in [-0.1, -0.05) is 6.07 Å².